The minimum Gasteiger partial charge on any atom is -0.463 e. The molecule has 10 nitrogen and oxygen atoms in total. The molecule has 0 saturated carbocycles. The van der Waals surface area contributed by atoms with Gasteiger partial charge in [-0.3, -0.25) is 4.40 Å². The molecule has 4 N–H and O–H groups in total. The van der Waals surface area contributed by atoms with E-state index in [1.54, 1.807) is 24.9 Å². The van der Waals surface area contributed by atoms with Crippen LogP contribution in [0.15, 0.2) is 76.6 Å². The quantitative estimate of drug-likeness (QED) is 0.326. The number of aromatic nitrogens is 6. The second kappa shape index (κ2) is 7.75. The van der Waals surface area contributed by atoms with Gasteiger partial charge in [-0.25, -0.2) is 19.9 Å². The van der Waals surface area contributed by atoms with E-state index >= 15 is 0 Å². The van der Waals surface area contributed by atoms with Gasteiger partial charge in [-0.15, -0.1) is 0 Å². The zero-order chi connectivity index (χ0) is 21.4. The summed E-state index contributed by atoms with van der Waals surface area (Å²) >= 11 is 2.20. The molecule has 0 saturated heterocycles. The fourth-order valence-electron chi connectivity index (χ4n) is 3.05. The van der Waals surface area contributed by atoms with Gasteiger partial charge in [0.15, 0.2) is 34.5 Å². The summed E-state index contributed by atoms with van der Waals surface area (Å²) in [5.41, 5.74) is 14.4. The first-order valence-corrected chi connectivity index (χ1v) is 10.1. The molecule has 0 bridgehead atoms. The fourth-order valence-corrected chi connectivity index (χ4v) is 3.83. The van der Waals surface area contributed by atoms with Crippen LogP contribution in [0.25, 0.3) is 34.2 Å². The third-order valence-corrected chi connectivity index (χ3v) is 5.47. The average molecular weight is 526 g/mol. The summed E-state index contributed by atoms with van der Waals surface area (Å²) in [6.07, 6.45) is 12.1. The van der Waals surface area contributed by atoms with Gasteiger partial charge >= 0.3 is 0 Å². The molecule has 0 aliphatic heterocycles. The summed E-state index contributed by atoms with van der Waals surface area (Å²) in [7, 11) is 0. The van der Waals surface area contributed by atoms with Crippen LogP contribution in [-0.2, 0) is 0 Å². The van der Waals surface area contributed by atoms with Crippen molar-refractivity contribution in [2.45, 2.75) is 0 Å². The predicted molar refractivity (Wildman–Crippen MR) is 123 cm³/mol. The number of furan rings is 2. The first-order chi connectivity index (χ1) is 15.1. The highest BCUT2D eigenvalue weighted by molar-refractivity contribution is 14.1. The maximum Gasteiger partial charge on any atom is 0.180 e. The standard InChI is InChI=1S/C10H7IN4O.C10H8N4O/c11-8-7(6-2-1-5-16-6)14-9(12)10-13-3-4-15(8)10;11-9-10-12-3-4-14(10)6-7(13-9)8-2-1-5-15-8/h1-5H,(H2,12,14);1-6H,(H2,11,13). The number of imidazole rings is 2. The number of anilines is 2. The Morgan fingerprint density at radius 2 is 1.52 bits per heavy atom. The van der Waals surface area contributed by atoms with Crippen molar-refractivity contribution in [3.63, 3.8) is 0 Å². The monoisotopic (exact) mass is 526 g/mol. The zero-order valence-corrected chi connectivity index (χ0v) is 18.0. The molecular weight excluding hydrogens is 511 g/mol. The molecule has 0 amide bonds. The van der Waals surface area contributed by atoms with E-state index in [0.717, 1.165) is 9.39 Å². The summed E-state index contributed by atoms with van der Waals surface area (Å²) in [4.78, 5) is 16.8. The van der Waals surface area contributed by atoms with E-state index in [0.29, 0.717) is 40.1 Å². The van der Waals surface area contributed by atoms with Crippen LogP contribution >= 0.6 is 22.6 Å². The van der Waals surface area contributed by atoms with Crippen LogP contribution in [0.1, 0.15) is 0 Å². The Labute approximate surface area is 188 Å². The molecule has 6 aromatic rings. The Morgan fingerprint density at radius 3 is 2.26 bits per heavy atom. The highest BCUT2D eigenvalue weighted by Crippen LogP contribution is 2.26. The van der Waals surface area contributed by atoms with Gasteiger partial charge in [0.2, 0.25) is 0 Å². The van der Waals surface area contributed by atoms with Gasteiger partial charge in [0.1, 0.15) is 15.1 Å². The number of halogens is 1. The summed E-state index contributed by atoms with van der Waals surface area (Å²) in [6, 6.07) is 7.32. The number of nitrogens with zero attached hydrogens (tertiary/aromatic N) is 6. The molecule has 0 spiro atoms. The first kappa shape index (κ1) is 19.1. The van der Waals surface area contributed by atoms with Gasteiger partial charge in [0, 0.05) is 31.0 Å². The van der Waals surface area contributed by atoms with E-state index < -0.39 is 0 Å². The van der Waals surface area contributed by atoms with E-state index in [9.17, 15) is 0 Å². The van der Waals surface area contributed by atoms with Crippen LogP contribution in [0, 0.1) is 3.70 Å². The van der Waals surface area contributed by atoms with E-state index in [1.807, 2.05) is 51.7 Å². The maximum absolute atomic E-state index is 5.84. The summed E-state index contributed by atoms with van der Waals surface area (Å²) in [5, 5.41) is 0. The van der Waals surface area contributed by atoms with Gasteiger partial charge in [0.25, 0.3) is 0 Å². The number of rotatable bonds is 2. The number of fused-ring (bicyclic) bond motifs is 2. The molecule has 0 atom stereocenters. The van der Waals surface area contributed by atoms with E-state index in [2.05, 4.69) is 42.5 Å². The molecule has 11 heteroatoms. The van der Waals surface area contributed by atoms with Crippen LogP contribution in [0.5, 0.6) is 0 Å². The number of hydrogen-bond donors (Lipinski definition) is 2. The first-order valence-electron chi connectivity index (χ1n) is 9.07. The van der Waals surface area contributed by atoms with Gasteiger partial charge in [0.05, 0.1) is 12.5 Å². The molecular formula is C20H15IN8O2. The van der Waals surface area contributed by atoms with Crippen molar-refractivity contribution in [2.24, 2.45) is 0 Å². The number of nitrogen functional groups attached to an aromatic ring is 2. The average Bonchev–Trinajstić information content (AvgIpc) is 3.58. The highest BCUT2D eigenvalue weighted by Gasteiger charge is 2.14. The van der Waals surface area contributed by atoms with Crippen molar-refractivity contribution in [3.8, 4) is 22.9 Å². The van der Waals surface area contributed by atoms with Crippen LogP contribution in [-0.4, -0.2) is 28.7 Å². The summed E-state index contributed by atoms with van der Waals surface area (Å²) < 4.78 is 15.2. The number of hydrogen-bond acceptors (Lipinski definition) is 8. The third-order valence-electron chi connectivity index (χ3n) is 4.44. The lowest BCUT2D eigenvalue weighted by atomic mass is 10.3. The Balaban J connectivity index is 0.000000132. The molecule has 0 fully saturated rings. The van der Waals surface area contributed by atoms with E-state index in [-0.39, 0.29) is 0 Å². The molecule has 31 heavy (non-hydrogen) atoms. The van der Waals surface area contributed by atoms with Crippen molar-refractivity contribution in [1.29, 1.82) is 0 Å². The minimum atomic E-state index is 0.397. The Morgan fingerprint density at radius 1 is 0.839 bits per heavy atom. The van der Waals surface area contributed by atoms with Crippen LogP contribution in [0.2, 0.25) is 0 Å². The lowest BCUT2D eigenvalue weighted by molar-refractivity contribution is 0.579. The van der Waals surface area contributed by atoms with E-state index in [1.165, 1.54) is 0 Å². The third kappa shape index (κ3) is 3.48. The van der Waals surface area contributed by atoms with Gasteiger partial charge < -0.3 is 24.7 Å². The molecule has 0 aliphatic rings. The van der Waals surface area contributed by atoms with Crippen LogP contribution < -0.4 is 11.5 Å². The molecule has 6 rings (SSSR count). The smallest absolute Gasteiger partial charge is 0.180 e. The van der Waals surface area contributed by atoms with Crippen LogP contribution in [0.3, 0.4) is 0 Å². The number of nitrogens with two attached hydrogens (primary N) is 2. The summed E-state index contributed by atoms with van der Waals surface area (Å²) in [5.74, 6) is 2.19. The topological polar surface area (TPSA) is 139 Å². The van der Waals surface area contributed by atoms with Gasteiger partial charge in [-0.1, -0.05) is 0 Å². The molecule has 0 unspecified atom stereocenters. The predicted octanol–water partition coefficient (Wildman–Crippen LogP) is 3.75. The van der Waals surface area contributed by atoms with Crippen molar-refractivity contribution in [3.05, 3.63) is 71.5 Å². The molecule has 0 radical (unpaired) electrons. The fraction of sp³-hybridized carbons (Fsp3) is 0. The second-order valence-electron chi connectivity index (χ2n) is 6.38. The van der Waals surface area contributed by atoms with Crippen molar-refractivity contribution in [2.75, 3.05) is 11.5 Å². The Kier molecular flexibility index (Phi) is 4.78. The van der Waals surface area contributed by atoms with Crippen molar-refractivity contribution in [1.82, 2.24) is 28.7 Å². The Bertz CT molecular complexity index is 1470. The minimum absolute atomic E-state index is 0.397. The highest BCUT2D eigenvalue weighted by atomic mass is 127. The molecule has 154 valence electrons. The van der Waals surface area contributed by atoms with Crippen molar-refractivity contribution >= 4 is 45.5 Å². The second-order valence-corrected chi connectivity index (χ2v) is 7.40. The molecule has 6 aromatic heterocycles. The van der Waals surface area contributed by atoms with Crippen LogP contribution in [0.4, 0.5) is 11.6 Å². The molecule has 6 heterocycles. The SMILES string of the molecule is Nc1nc(-c2ccco2)c(I)n2ccnc12.Nc1nc(-c2ccco2)cn2ccnc12. The Hall–Kier alpha value is -3.87. The van der Waals surface area contributed by atoms with Gasteiger partial charge in [-0.2, -0.15) is 0 Å². The lowest BCUT2D eigenvalue weighted by Crippen LogP contribution is -2.02. The van der Waals surface area contributed by atoms with Crippen molar-refractivity contribution < 1.29 is 8.83 Å². The molecule has 0 aliphatic carbocycles. The maximum atomic E-state index is 5.84. The molecule has 0 aromatic carbocycles. The lowest BCUT2D eigenvalue weighted by Gasteiger charge is -2.05. The van der Waals surface area contributed by atoms with E-state index in [4.69, 9.17) is 20.3 Å². The zero-order valence-electron chi connectivity index (χ0n) is 15.9. The van der Waals surface area contributed by atoms with Gasteiger partial charge in [-0.05, 0) is 46.9 Å². The summed E-state index contributed by atoms with van der Waals surface area (Å²) in [6.45, 7) is 0. The normalized spacial score (nSPS) is 11.0. The largest absolute Gasteiger partial charge is 0.463 e.